The summed E-state index contributed by atoms with van der Waals surface area (Å²) in [7, 11) is 0. The predicted octanol–water partition coefficient (Wildman–Crippen LogP) is 1.29. The minimum Gasteiger partial charge on any atom is -0.504 e. The molecule has 0 unspecified atom stereocenters. The molecule has 4 heteroatoms. The maximum Gasteiger partial charge on any atom is 0.174 e. The van der Waals surface area contributed by atoms with E-state index in [4.69, 9.17) is 4.74 Å². The summed E-state index contributed by atoms with van der Waals surface area (Å²) < 4.78 is 5.99. The fourth-order valence-electron chi connectivity index (χ4n) is 5.25. The lowest BCUT2D eigenvalue weighted by Gasteiger charge is -2.54. The maximum atomic E-state index is 12.4. The Bertz CT molecular complexity index is 641. The molecular weight excluding hydrogens is 254 g/mol. The number of phenolic OH excluding ortho intramolecular Hbond substituents is 1. The average Bonchev–Trinajstić information content (AvgIpc) is 2.78. The van der Waals surface area contributed by atoms with Crippen LogP contribution in [0.2, 0.25) is 0 Å². The van der Waals surface area contributed by atoms with Gasteiger partial charge in [0.15, 0.2) is 23.4 Å². The Morgan fingerprint density at radius 3 is 3.20 bits per heavy atom. The standard InChI is InChI=1S/C16H17NO3/c18-11-3-1-8-7-10-9-2-4-12(19)15-16(9,5-6-17-10)13(8)14(11)20-15/h1,3,9-10,15,17-18H,2,4-7H2/t9-,10+,15-,16-/m1/s1. The molecule has 2 aliphatic carbocycles. The van der Waals surface area contributed by atoms with Crippen molar-refractivity contribution in [2.45, 2.75) is 43.2 Å². The summed E-state index contributed by atoms with van der Waals surface area (Å²) in [5, 5.41) is 13.8. The van der Waals surface area contributed by atoms with Gasteiger partial charge < -0.3 is 15.2 Å². The molecule has 0 amide bonds. The van der Waals surface area contributed by atoms with Gasteiger partial charge in [-0.1, -0.05) is 6.07 Å². The highest BCUT2D eigenvalue weighted by molar-refractivity contribution is 5.89. The lowest BCUT2D eigenvalue weighted by molar-refractivity contribution is -0.135. The van der Waals surface area contributed by atoms with Crippen LogP contribution >= 0.6 is 0 Å². The van der Waals surface area contributed by atoms with Crippen LogP contribution in [0.3, 0.4) is 0 Å². The fraction of sp³-hybridized carbons (Fsp3) is 0.562. The molecule has 20 heavy (non-hydrogen) atoms. The number of nitrogens with one attached hydrogen (secondary N) is 1. The third-order valence-corrected chi connectivity index (χ3v) is 5.92. The van der Waals surface area contributed by atoms with Crippen molar-refractivity contribution in [3.8, 4) is 11.5 Å². The first-order valence-corrected chi connectivity index (χ1v) is 7.50. The van der Waals surface area contributed by atoms with Gasteiger partial charge in [0.1, 0.15) is 0 Å². The monoisotopic (exact) mass is 271 g/mol. The number of rotatable bonds is 0. The van der Waals surface area contributed by atoms with Crippen LogP contribution in [0.1, 0.15) is 30.4 Å². The molecule has 2 fully saturated rings. The number of benzene rings is 1. The zero-order valence-corrected chi connectivity index (χ0v) is 11.2. The number of ketones is 1. The Labute approximate surface area is 117 Å². The first kappa shape index (κ1) is 11.1. The summed E-state index contributed by atoms with van der Waals surface area (Å²) in [4.78, 5) is 12.4. The fourth-order valence-corrected chi connectivity index (χ4v) is 5.25. The van der Waals surface area contributed by atoms with Crippen LogP contribution in [0.15, 0.2) is 12.1 Å². The smallest absolute Gasteiger partial charge is 0.174 e. The number of phenols is 1. The number of carbonyl (C=O) groups is 1. The normalized spacial score (nSPS) is 40.2. The second-order valence-corrected chi connectivity index (χ2v) is 6.61. The van der Waals surface area contributed by atoms with Gasteiger partial charge in [0.25, 0.3) is 0 Å². The van der Waals surface area contributed by atoms with Crippen molar-refractivity contribution < 1.29 is 14.6 Å². The van der Waals surface area contributed by atoms with Gasteiger partial charge >= 0.3 is 0 Å². The molecule has 4 aliphatic rings. The summed E-state index contributed by atoms with van der Waals surface area (Å²) in [5.41, 5.74) is 2.23. The van der Waals surface area contributed by atoms with Crippen LogP contribution in [0.5, 0.6) is 11.5 Å². The lowest BCUT2D eigenvalue weighted by Crippen LogP contribution is -2.65. The van der Waals surface area contributed by atoms with Gasteiger partial charge in [-0.25, -0.2) is 0 Å². The molecule has 2 aliphatic heterocycles. The molecule has 1 aromatic rings. The van der Waals surface area contributed by atoms with Crippen molar-refractivity contribution in [2.24, 2.45) is 5.92 Å². The van der Waals surface area contributed by atoms with Gasteiger partial charge in [-0.3, -0.25) is 4.79 Å². The summed E-state index contributed by atoms with van der Waals surface area (Å²) in [6.45, 7) is 0.933. The quantitative estimate of drug-likeness (QED) is 0.746. The minimum atomic E-state index is -0.367. The summed E-state index contributed by atoms with van der Waals surface area (Å²) in [5.74, 6) is 1.46. The number of hydrogen-bond donors (Lipinski definition) is 2. The summed E-state index contributed by atoms with van der Waals surface area (Å²) >= 11 is 0. The number of ether oxygens (including phenoxy) is 1. The molecule has 0 aromatic heterocycles. The van der Waals surface area contributed by atoms with E-state index in [0.29, 0.717) is 24.1 Å². The van der Waals surface area contributed by atoms with E-state index < -0.39 is 0 Å². The largest absolute Gasteiger partial charge is 0.504 e. The molecular formula is C16H17NO3. The first-order valence-electron chi connectivity index (χ1n) is 7.50. The number of piperidine rings is 1. The SMILES string of the molecule is O=C1CC[C@@H]2[C@@H]3Cc4ccc(O)c5c4[C@]2(CCN3)[C@@H]1O5. The molecule has 1 spiro atoms. The Kier molecular flexibility index (Phi) is 1.88. The van der Waals surface area contributed by atoms with Gasteiger partial charge in [-0.2, -0.15) is 0 Å². The Morgan fingerprint density at radius 1 is 1.40 bits per heavy atom. The van der Waals surface area contributed by atoms with Crippen LogP contribution in [0.4, 0.5) is 0 Å². The minimum absolute atomic E-state index is 0.174. The van der Waals surface area contributed by atoms with Crippen molar-refractivity contribution in [1.82, 2.24) is 5.32 Å². The van der Waals surface area contributed by atoms with Crippen molar-refractivity contribution in [1.29, 1.82) is 0 Å². The number of carbonyl (C=O) groups excluding carboxylic acids is 1. The third-order valence-electron chi connectivity index (χ3n) is 5.92. The van der Waals surface area contributed by atoms with Gasteiger partial charge in [-0.05, 0) is 43.4 Å². The number of Topliss-reactive ketones (excluding diaryl/α,β-unsaturated/α-hetero) is 1. The van der Waals surface area contributed by atoms with Crippen molar-refractivity contribution in [2.75, 3.05) is 6.54 Å². The van der Waals surface area contributed by atoms with Gasteiger partial charge in [0, 0.05) is 23.4 Å². The van der Waals surface area contributed by atoms with E-state index in [1.807, 2.05) is 6.07 Å². The molecule has 0 radical (unpaired) electrons. The summed E-state index contributed by atoms with van der Waals surface area (Å²) in [6.07, 6.45) is 3.12. The molecule has 2 heterocycles. The molecule has 2 N–H and O–H groups in total. The highest BCUT2D eigenvalue weighted by Crippen LogP contribution is 2.61. The second kappa shape index (κ2) is 3.37. The number of hydrogen-bond acceptors (Lipinski definition) is 4. The molecule has 104 valence electrons. The molecule has 1 saturated carbocycles. The molecule has 5 rings (SSSR count). The molecule has 1 aromatic carbocycles. The van der Waals surface area contributed by atoms with E-state index in [-0.39, 0.29) is 23.1 Å². The molecule has 4 atom stereocenters. The zero-order valence-electron chi connectivity index (χ0n) is 11.2. The van der Waals surface area contributed by atoms with Crippen LogP contribution in [-0.4, -0.2) is 29.6 Å². The summed E-state index contributed by atoms with van der Waals surface area (Å²) in [6, 6.07) is 4.17. The zero-order chi connectivity index (χ0) is 13.5. The molecule has 4 nitrogen and oxygen atoms in total. The Morgan fingerprint density at radius 2 is 2.30 bits per heavy atom. The predicted molar refractivity (Wildman–Crippen MR) is 72.0 cm³/mol. The van der Waals surface area contributed by atoms with E-state index in [9.17, 15) is 9.90 Å². The Hall–Kier alpha value is -1.55. The van der Waals surface area contributed by atoms with Crippen molar-refractivity contribution in [3.63, 3.8) is 0 Å². The average molecular weight is 271 g/mol. The highest BCUT2D eigenvalue weighted by Gasteiger charge is 2.64. The van der Waals surface area contributed by atoms with Gasteiger partial charge in [-0.15, -0.1) is 0 Å². The number of aromatic hydroxyl groups is 1. The second-order valence-electron chi connectivity index (χ2n) is 6.61. The third kappa shape index (κ3) is 1.04. The van der Waals surface area contributed by atoms with Gasteiger partial charge in [0.2, 0.25) is 0 Å². The van der Waals surface area contributed by atoms with Crippen molar-refractivity contribution in [3.05, 3.63) is 23.3 Å². The lowest BCUT2D eigenvalue weighted by atomic mass is 9.52. The van der Waals surface area contributed by atoms with E-state index >= 15 is 0 Å². The Balaban J connectivity index is 1.85. The molecule has 2 bridgehead atoms. The van der Waals surface area contributed by atoms with Crippen LogP contribution < -0.4 is 10.1 Å². The maximum absolute atomic E-state index is 12.4. The van der Waals surface area contributed by atoms with E-state index in [0.717, 1.165) is 31.4 Å². The van der Waals surface area contributed by atoms with Crippen molar-refractivity contribution >= 4 is 5.78 Å². The van der Waals surface area contributed by atoms with Crippen LogP contribution in [-0.2, 0) is 16.6 Å². The van der Waals surface area contributed by atoms with E-state index in [1.54, 1.807) is 6.07 Å². The highest BCUT2D eigenvalue weighted by atomic mass is 16.5. The van der Waals surface area contributed by atoms with Crippen LogP contribution in [0.25, 0.3) is 0 Å². The van der Waals surface area contributed by atoms with E-state index in [1.165, 1.54) is 5.56 Å². The topological polar surface area (TPSA) is 58.6 Å². The van der Waals surface area contributed by atoms with E-state index in [2.05, 4.69) is 5.32 Å². The van der Waals surface area contributed by atoms with Crippen LogP contribution in [0, 0.1) is 5.92 Å². The van der Waals surface area contributed by atoms with Gasteiger partial charge in [0.05, 0.1) is 0 Å². The first-order chi connectivity index (χ1) is 9.72. The molecule has 1 saturated heterocycles.